The highest BCUT2D eigenvalue weighted by Crippen LogP contribution is 2.21. The van der Waals surface area contributed by atoms with Crippen molar-refractivity contribution in [1.82, 2.24) is 4.90 Å². The Labute approximate surface area is 96.5 Å². The average molecular weight is 231 g/mol. The molecule has 1 rings (SSSR count). The van der Waals surface area contributed by atoms with Crippen molar-refractivity contribution in [2.45, 2.75) is 32.8 Å². The summed E-state index contributed by atoms with van der Waals surface area (Å²) < 4.78 is 5.33. The van der Waals surface area contributed by atoms with Gasteiger partial charge < -0.3 is 9.64 Å². The summed E-state index contributed by atoms with van der Waals surface area (Å²) in [6.45, 7) is 7.41. The molecule has 88 valence electrons. The molecule has 0 radical (unpaired) electrons. The molecule has 1 unspecified atom stereocenters. The number of carbonyl (C=O) groups is 1. The zero-order chi connectivity index (χ0) is 11.5. The molecule has 0 N–H and O–H groups in total. The number of ether oxygens (including phenoxy) is 1. The number of carbonyl (C=O) groups excluding carboxylic acids is 1. The monoisotopic (exact) mass is 231 g/mol. The SMILES string of the molecule is CSCC1CCN(C(=O)OC(C)(C)C)C1. The lowest BCUT2D eigenvalue weighted by molar-refractivity contribution is 0.0289. The van der Waals surface area contributed by atoms with Crippen molar-refractivity contribution < 1.29 is 9.53 Å². The second-order valence-electron chi connectivity index (χ2n) is 5.04. The van der Waals surface area contributed by atoms with Crippen LogP contribution in [0.3, 0.4) is 0 Å². The number of rotatable bonds is 2. The number of amides is 1. The zero-order valence-corrected chi connectivity index (χ0v) is 10.9. The first-order chi connectivity index (χ1) is 6.92. The topological polar surface area (TPSA) is 29.5 Å². The van der Waals surface area contributed by atoms with Gasteiger partial charge in [-0.15, -0.1) is 0 Å². The van der Waals surface area contributed by atoms with Crippen LogP contribution in [0.2, 0.25) is 0 Å². The summed E-state index contributed by atoms with van der Waals surface area (Å²) in [4.78, 5) is 13.5. The molecule has 0 bridgehead atoms. The van der Waals surface area contributed by atoms with Crippen molar-refractivity contribution in [3.05, 3.63) is 0 Å². The molecule has 1 atom stereocenters. The quantitative estimate of drug-likeness (QED) is 0.731. The molecule has 0 spiro atoms. The van der Waals surface area contributed by atoms with Crippen LogP contribution >= 0.6 is 11.8 Å². The van der Waals surface area contributed by atoms with E-state index < -0.39 is 0 Å². The molecule has 0 aliphatic carbocycles. The molecular formula is C11H21NO2S. The maximum Gasteiger partial charge on any atom is 0.410 e. The fraction of sp³-hybridized carbons (Fsp3) is 0.909. The van der Waals surface area contributed by atoms with E-state index in [-0.39, 0.29) is 11.7 Å². The Balaban J connectivity index is 2.37. The highest BCUT2D eigenvalue weighted by atomic mass is 32.2. The minimum Gasteiger partial charge on any atom is -0.444 e. The van der Waals surface area contributed by atoms with Gasteiger partial charge in [0.2, 0.25) is 0 Å². The third kappa shape index (κ3) is 4.33. The molecule has 15 heavy (non-hydrogen) atoms. The Morgan fingerprint density at radius 2 is 2.20 bits per heavy atom. The van der Waals surface area contributed by atoms with Crippen LogP contribution in [0.1, 0.15) is 27.2 Å². The first-order valence-corrected chi connectivity index (χ1v) is 6.78. The predicted molar refractivity (Wildman–Crippen MR) is 64.3 cm³/mol. The second kappa shape index (κ2) is 5.10. The van der Waals surface area contributed by atoms with E-state index in [4.69, 9.17) is 4.74 Å². The van der Waals surface area contributed by atoms with E-state index in [1.807, 2.05) is 37.4 Å². The molecule has 0 saturated carbocycles. The van der Waals surface area contributed by atoms with Crippen LogP contribution in [-0.2, 0) is 4.74 Å². The molecule has 1 aliphatic rings. The lowest BCUT2D eigenvalue weighted by atomic mass is 10.2. The van der Waals surface area contributed by atoms with Gasteiger partial charge in [-0.25, -0.2) is 4.79 Å². The van der Waals surface area contributed by atoms with Crippen LogP contribution in [-0.4, -0.2) is 41.7 Å². The van der Waals surface area contributed by atoms with Gasteiger partial charge in [-0.2, -0.15) is 11.8 Å². The summed E-state index contributed by atoms with van der Waals surface area (Å²) in [5.74, 6) is 1.78. The molecule has 4 heteroatoms. The van der Waals surface area contributed by atoms with E-state index in [9.17, 15) is 4.79 Å². The minimum atomic E-state index is -0.380. The summed E-state index contributed by atoms with van der Waals surface area (Å²) >= 11 is 1.85. The Morgan fingerprint density at radius 1 is 1.53 bits per heavy atom. The highest BCUT2D eigenvalue weighted by Gasteiger charge is 2.29. The van der Waals surface area contributed by atoms with Crippen LogP contribution in [0.25, 0.3) is 0 Å². The van der Waals surface area contributed by atoms with E-state index in [0.29, 0.717) is 5.92 Å². The zero-order valence-electron chi connectivity index (χ0n) is 10.1. The molecule has 0 aromatic carbocycles. The standard InChI is InChI=1S/C11H21NO2S/c1-11(2,3)14-10(13)12-6-5-9(7-12)8-15-4/h9H,5-8H2,1-4H3. The van der Waals surface area contributed by atoms with E-state index in [0.717, 1.165) is 25.3 Å². The van der Waals surface area contributed by atoms with Gasteiger partial charge in [-0.05, 0) is 45.1 Å². The van der Waals surface area contributed by atoms with Gasteiger partial charge in [0, 0.05) is 13.1 Å². The summed E-state index contributed by atoms with van der Waals surface area (Å²) in [7, 11) is 0. The van der Waals surface area contributed by atoms with Gasteiger partial charge in [0.1, 0.15) is 5.60 Å². The summed E-state index contributed by atoms with van der Waals surface area (Å²) in [6, 6.07) is 0. The molecule has 1 saturated heterocycles. The normalized spacial score (nSPS) is 21.9. The maximum atomic E-state index is 11.7. The van der Waals surface area contributed by atoms with E-state index in [1.165, 1.54) is 0 Å². The van der Waals surface area contributed by atoms with Crippen molar-refractivity contribution in [2.24, 2.45) is 5.92 Å². The molecule has 0 aromatic rings. The Kier molecular flexibility index (Phi) is 4.32. The number of nitrogens with zero attached hydrogens (tertiary/aromatic N) is 1. The summed E-state index contributed by atoms with van der Waals surface area (Å²) in [6.07, 6.45) is 3.06. The fourth-order valence-corrected chi connectivity index (χ4v) is 2.44. The third-order valence-corrected chi connectivity index (χ3v) is 3.14. The van der Waals surface area contributed by atoms with E-state index in [2.05, 4.69) is 6.26 Å². The van der Waals surface area contributed by atoms with Gasteiger partial charge in [-0.3, -0.25) is 0 Å². The molecule has 3 nitrogen and oxygen atoms in total. The molecule has 1 fully saturated rings. The predicted octanol–water partition coefficient (Wildman–Crippen LogP) is 2.61. The fourth-order valence-electron chi connectivity index (χ4n) is 1.70. The van der Waals surface area contributed by atoms with Gasteiger partial charge in [-0.1, -0.05) is 0 Å². The third-order valence-electron chi connectivity index (χ3n) is 2.34. The van der Waals surface area contributed by atoms with Crippen LogP contribution < -0.4 is 0 Å². The van der Waals surface area contributed by atoms with Crippen molar-refractivity contribution in [3.8, 4) is 0 Å². The van der Waals surface area contributed by atoms with Crippen LogP contribution in [0.15, 0.2) is 0 Å². The number of thioether (sulfide) groups is 1. The smallest absolute Gasteiger partial charge is 0.410 e. The summed E-state index contributed by atoms with van der Waals surface area (Å²) in [5.41, 5.74) is -0.380. The Bertz CT molecular complexity index is 225. The summed E-state index contributed by atoms with van der Waals surface area (Å²) in [5, 5.41) is 0. The first kappa shape index (κ1) is 12.7. The van der Waals surface area contributed by atoms with Gasteiger partial charge in [0.05, 0.1) is 0 Å². The van der Waals surface area contributed by atoms with Crippen LogP contribution in [0.4, 0.5) is 4.79 Å². The maximum absolute atomic E-state index is 11.7. The van der Waals surface area contributed by atoms with Crippen LogP contribution in [0.5, 0.6) is 0 Å². The molecule has 1 aliphatic heterocycles. The van der Waals surface area contributed by atoms with E-state index in [1.54, 1.807) is 0 Å². The Hall–Kier alpha value is -0.380. The number of likely N-dealkylation sites (tertiary alicyclic amines) is 1. The van der Waals surface area contributed by atoms with Gasteiger partial charge in [0.15, 0.2) is 0 Å². The Morgan fingerprint density at radius 3 is 2.73 bits per heavy atom. The van der Waals surface area contributed by atoms with E-state index >= 15 is 0 Å². The number of hydrogen-bond acceptors (Lipinski definition) is 3. The van der Waals surface area contributed by atoms with Gasteiger partial charge >= 0.3 is 6.09 Å². The van der Waals surface area contributed by atoms with Crippen molar-refractivity contribution in [1.29, 1.82) is 0 Å². The molecule has 1 heterocycles. The molecular weight excluding hydrogens is 210 g/mol. The second-order valence-corrected chi connectivity index (χ2v) is 5.95. The minimum absolute atomic E-state index is 0.161. The lowest BCUT2D eigenvalue weighted by Gasteiger charge is -2.24. The van der Waals surface area contributed by atoms with Crippen molar-refractivity contribution >= 4 is 17.9 Å². The first-order valence-electron chi connectivity index (χ1n) is 5.39. The van der Waals surface area contributed by atoms with Crippen molar-refractivity contribution in [2.75, 3.05) is 25.1 Å². The molecule has 0 aromatic heterocycles. The lowest BCUT2D eigenvalue weighted by Crippen LogP contribution is -2.35. The van der Waals surface area contributed by atoms with Crippen LogP contribution in [0, 0.1) is 5.92 Å². The average Bonchev–Trinajstić information content (AvgIpc) is 2.50. The largest absolute Gasteiger partial charge is 0.444 e. The van der Waals surface area contributed by atoms with Crippen molar-refractivity contribution in [3.63, 3.8) is 0 Å². The highest BCUT2D eigenvalue weighted by molar-refractivity contribution is 7.98. The molecule has 1 amide bonds. The number of hydrogen-bond donors (Lipinski definition) is 0. The van der Waals surface area contributed by atoms with Gasteiger partial charge in [0.25, 0.3) is 0 Å².